The zero-order chi connectivity index (χ0) is 19.1. The summed E-state index contributed by atoms with van der Waals surface area (Å²) in [7, 11) is 0. The fraction of sp³-hybridized carbons (Fsp3) is 0.286. The van der Waals surface area contributed by atoms with Crippen LogP contribution in [0.4, 0.5) is 5.69 Å². The average molecular weight is 380 g/mol. The molecule has 0 aliphatic heterocycles. The highest BCUT2D eigenvalue weighted by Gasteiger charge is 2.12. The highest BCUT2D eigenvalue weighted by molar-refractivity contribution is 7.80. The molecule has 0 unspecified atom stereocenters. The summed E-state index contributed by atoms with van der Waals surface area (Å²) in [6.07, 6.45) is 10.3. The van der Waals surface area contributed by atoms with E-state index in [2.05, 4.69) is 56.8 Å². The maximum Gasteiger partial charge on any atom is 0.173 e. The molecule has 2 heterocycles. The van der Waals surface area contributed by atoms with Gasteiger partial charge in [0, 0.05) is 50.1 Å². The van der Waals surface area contributed by atoms with Gasteiger partial charge in [-0.2, -0.15) is 0 Å². The number of hydrogen-bond acceptors (Lipinski definition) is 3. The first-order valence-electron chi connectivity index (χ1n) is 9.09. The lowest BCUT2D eigenvalue weighted by molar-refractivity contribution is 0.396. The molecule has 3 rings (SSSR count). The highest BCUT2D eigenvalue weighted by Crippen LogP contribution is 2.18. The van der Waals surface area contributed by atoms with Gasteiger partial charge in [0.1, 0.15) is 0 Å². The summed E-state index contributed by atoms with van der Waals surface area (Å²) in [5.74, 6) is 0. The molecule has 1 N–H and O–H groups in total. The fourth-order valence-corrected chi connectivity index (χ4v) is 3.15. The van der Waals surface area contributed by atoms with Crippen molar-refractivity contribution < 1.29 is 0 Å². The molecule has 6 heteroatoms. The van der Waals surface area contributed by atoms with E-state index >= 15 is 0 Å². The van der Waals surface area contributed by atoms with Gasteiger partial charge < -0.3 is 14.8 Å². The molecule has 0 amide bonds. The molecule has 0 radical (unpaired) electrons. The number of hydrogen-bond donors (Lipinski definition) is 1. The van der Waals surface area contributed by atoms with Crippen LogP contribution < -0.4 is 5.32 Å². The molecule has 0 spiro atoms. The summed E-state index contributed by atoms with van der Waals surface area (Å²) in [5.41, 5.74) is 4.66. The van der Waals surface area contributed by atoms with E-state index in [9.17, 15) is 0 Å². The molecule has 0 aliphatic rings. The number of imidazole rings is 1. The molecule has 5 nitrogen and oxygen atoms in total. The summed E-state index contributed by atoms with van der Waals surface area (Å²) >= 11 is 5.75. The third-order valence-corrected chi connectivity index (χ3v) is 4.81. The van der Waals surface area contributed by atoms with Crippen molar-refractivity contribution in [2.45, 2.75) is 33.4 Å². The molecule has 0 fully saturated rings. The quantitative estimate of drug-likeness (QED) is 0.624. The summed E-state index contributed by atoms with van der Waals surface area (Å²) in [5, 5.41) is 4.18. The van der Waals surface area contributed by atoms with Gasteiger partial charge in [-0.05, 0) is 67.4 Å². The van der Waals surface area contributed by atoms with Gasteiger partial charge in [-0.15, -0.1) is 0 Å². The maximum atomic E-state index is 5.75. The number of rotatable bonds is 7. The lowest BCUT2D eigenvalue weighted by Gasteiger charge is -2.27. The lowest BCUT2D eigenvalue weighted by atomic mass is 10.1. The fourth-order valence-electron chi connectivity index (χ4n) is 2.89. The van der Waals surface area contributed by atoms with Crippen LogP contribution in [0.15, 0.2) is 61.4 Å². The normalized spacial score (nSPS) is 10.6. The number of aryl methyl sites for hydroxylation is 3. The molecule has 0 saturated carbocycles. The predicted molar refractivity (Wildman–Crippen MR) is 114 cm³/mol. The second kappa shape index (κ2) is 9.28. The molecule has 0 aliphatic carbocycles. The van der Waals surface area contributed by atoms with Crippen LogP contribution in [0.1, 0.15) is 23.1 Å². The monoisotopic (exact) mass is 379 g/mol. The SMILES string of the molecule is Cc1ccc(C)c(NC(=S)N(CCCn2ccnc2)Cc2ccncc2)c1. The summed E-state index contributed by atoms with van der Waals surface area (Å²) < 4.78 is 2.09. The Bertz CT molecular complexity index is 862. The van der Waals surface area contributed by atoms with Gasteiger partial charge in [-0.1, -0.05) is 12.1 Å². The van der Waals surface area contributed by atoms with E-state index in [1.54, 1.807) is 6.20 Å². The first-order chi connectivity index (χ1) is 13.1. The van der Waals surface area contributed by atoms with E-state index < -0.39 is 0 Å². The van der Waals surface area contributed by atoms with E-state index in [1.165, 1.54) is 16.7 Å². The first kappa shape index (κ1) is 19.0. The van der Waals surface area contributed by atoms with Gasteiger partial charge in [0.2, 0.25) is 0 Å². The Hall–Kier alpha value is -2.73. The van der Waals surface area contributed by atoms with Gasteiger partial charge in [0.05, 0.1) is 6.33 Å². The highest BCUT2D eigenvalue weighted by atomic mass is 32.1. The minimum Gasteiger partial charge on any atom is -0.345 e. The minimum absolute atomic E-state index is 0.742. The van der Waals surface area contributed by atoms with Gasteiger partial charge in [-0.25, -0.2) is 4.98 Å². The van der Waals surface area contributed by atoms with E-state index in [0.717, 1.165) is 36.9 Å². The number of thiocarbonyl (C=S) groups is 1. The van der Waals surface area contributed by atoms with Crippen molar-refractivity contribution in [1.82, 2.24) is 19.4 Å². The smallest absolute Gasteiger partial charge is 0.173 e. The summed E-state index contributed by atoms with van der Waals surface area (Å²) in [6.45, 7) is 6.71. The molecule has 0 saturated heterocycles. The Morgan fingerprint density at radius 1 is 1.11 bits per heavy atom. The van der Waals surface area contributed by atoms with Crippen LogP contribution in [0.3, 0.4) is 0 Å². The molecule has 1 aromatic carbocycles. The third-order valence-electron chi connectivity index (χ3n) is 4.45. The van der Waals surface area contributed by atoms with Crippen LogP contribution in [0.2, 0.25) is 0 Å². The van der Waals surface area contributed by atoms with Gasteiger partial charge in [0.25, 0.3) is 0 Å². The number of anilines is 1. The number of benzene rings is 1. The van der Waals surface area contributed by atoms with Crippen molar-refractivity contribution in [2.75, 3.05) is 11.9 Å². The largest absolute Gasteiger partial charge is 0.345 e. The van der Waals surface area contributed by atoms with Crippen LogP contribution >= 0.6 is 12.2 Å². The second-order valence-corrected chi connectivity index (χ2v) is 7.07. The predicted octanol–water partition coefficient (Wildman–Crippen LogP) is 4.18. The number of pyridine rings is 1. The van der Waals surface area contributed by atoms with Gasteiger partial charge in [0.15, 0.2) is 5.11 Å². The van der Waals surface area contributed by atoms with E-state index in [4.69, 9.17) is 12.2 Å². The van der Waals surface area contributed by atoms with Crippen LogP contribution in [0.5, 0.6) is 0 Å². The molecule has 27 heavy (non-hydrogen) atoms. The third kappa shape index (κ3) is 5.62. The molecule has 0 atom stereocenters. The Morgan fingerprint density at radius 2 is 1.93 bits per heavy atom. The van der Waals surface area contributed by atoms with Crippen molar-refractivity contribution in [1.29, 1.82) is 0 Å². The Labute approximate surface area is 166 Å². The standard InChI is InChI=1S/C21H25N5S/c1-17-4-5-18(2)20(14-17)24-21(27)26(15-19-6-8-22-9-7-19)12-3-11-25-13-10-23-16-25/h4-10,13-14,16H,3,11-12,15H2,1-2H3,(H,24,27). The molecule has 2 aromatic heterocycles. The minimum atomic E-state index is 0.742. The van der Waals surface area contributed by atoms with Crippen molar-refractivity contribution in [2.24, 2.45) is 0 Å². The lowest BCUT2D eigenvalue weighted by Crippen LogP contribution is -2.35. The van der Waals surface area contributed by atoms with Gasteiger partial charge in [-0.3, -0.25) is 4.98 Å². The Balaban J connectivity index is 1.69. The average Bonchev–Trinajstić information content (AvgIpc) is 3.18. The van der Waals surface area contributed by atoms with Crippen LogP contribution in [-0.4, -0.2) is 31.1 Å². The molecule has 140 valence electrons. The number of nitrogens with one attached hydrogen (secondary N) is 1. The Kier molecular flexibility index (Phi) is 6.54. The topological polar surface area (TPSA) is 46.0 Å². The number of aromatic nitrogens is 3. The summed E-state index contributed by atoms with van der Waals surface area (Å²) in [4.78, 5) is 10.4. The van der Waals surface area contributed by atoms with Crippen LogP contribution in [-0.2, 0) is 13.1 Å². The molecule has 3 aromatic rings. The maximum absolute atomic E-state index is 5.75. The van der Waals surface area contributed by atoms with E-state index in [-0.39, 0.29) is 0 Å². The first-order valence-corrected chi connectivity index (χ1v) is 9.50. The number of nitrogens with zero attached hydrogens (tertiary/aromatic N) is 4. The molecular formula is C21H25N5S. The molecular weight excluding hydrogens is 354 g/mol. The summed E-state index contributed by atoms with van der Waals surface area (Å²) in [6, 6.07) is 10.4. The second-order valence-electron chi connectivity index (χ2n) is 6.68. The zero-order valence-electron chi connectivity index (χ0n) is 15.8. The Morgan fingerprint density at radius 3 is 2.67 bits per heavy atom. The van der Waals surface area contributed by atoms with Crippen LogP contribution in [0.25, 0.3) is 0 Å². The van der Waals surface area contributed by atoms with Crippen molar-refractivity contribution in [3.63, 3.8) is 0 Å². The van der Waals surface area contributed by atoms with Gasteiger partial charge >= 0.3 is 0 Å². The van der Waals surface area contributed by atoms with E-state index in [0.29, 0.717) is 0 Å². The van der Waals surface area contributed by atoms with Crippen molar-refractivity contribution in [3.8, 4) is 0 Å². The van der Waals surface area contributed by atoms with Crippen molar-refractivity contribution >= 4 is 23.0 Å². The van der Waals surface area contributed by atoms with Crippen molar-refractivity contribution in [3.05, 3.63) is 78.1 Å². The zero-order valence-corrected chi connectivity index (χ0v) is 16.6. The van der Waals surface area contributed by atoms with E-state index in [1.807, 2.05) is 37.1 Å². The van der Waals surface area contributed by atoms with Crippen LogP contribution in [0, 0.1) is 13.8 Å². The molecule has 0 bridgehead atoms.